The van der Waals surface area contributed by atoms with E-state index in [1.807, 2.05) is 0 Å². The molecule has 0 aliphatic carbocycles. The van der Waals surface area contributed by atoms with Crippen molar-refractivity contribution in [3.63, 3.8) is 0 Å². The van der Waals surface area contributed by atoms with E-state index in [2.05, 4.69) is 16.0 Å². The molecule has 0 spiro atoms. The van der Waals surface area contributed by atoms with Crippen LogP contribution in [-0.4, -0.2) is 81.7 Å². The first-order valence-corrected chi connectivity index (χ1v) is 11.3. The van der Waals surface area contributed by atoms with Crippen molar-refractivity contribution in [2.24, 2.45) is 17.4 Å². The van der Waals surface area contributed by atoms with E-state index in [1.165, 1.54) is 0 Å². The van der Waals surface area contributed by atoms with Gasteiger partial charge in [0.1, 0.15) is 18.1 Å². The summed E-state index contributed by atoms with van der Waals surface area (Å²) in [6.07, 6.45) is -0.0204. The zero-order valence-corrected chi connectivity index (χ0v) is 20.0. The predicted octanol–water partition coefficient (Wildman–Crippen LogP) is -1.63. The average molecular weight is 504 g/mol. The Balaban J connectivity index is 5.52. The van der Waals surface area contributed by atoms with Crippen LogP contribution in [0.3, 0.4) is 0 Å². The second kappa shape index (κ2) is 16.4. The van der Waals surface area contributed by atoms with Crippen LogP contribution in [-0.2, 0) is 28.8 Å². The number of nitrogens with one attached hydrogen (secondary N) is 3. The summed E-state index contributed by atoms with van der Waals surface area (Å²) in [5.41, 5.74) is 11.2. The number of hydrogen-bond acceptors (Lipinski definition) is 8. The number of carboxylic acid groups (broad SMARTS) is 3. The second-order valence-corrected chi connectivity index (χ2v) is 8.57. The van der Waals surface area contributed by atoms with Gasteiger partial charge in [-0.15, -0.1) is 0 Å². The first-order chi connectivity index (χ1) is 16.3. The summed E-state index contributed by atoms with van der Waals surface area (Å²) in [5, 5.41) is 33.9. The average Bonchev–Trinajstić information content (AvgIpc) is 2.74. The van der Waals surface area contributed by atoms with Gasteiger partial charge in [0.25, 0.3) is 0 Å². The number of rotatable bonds is 18. The lowest BCUT2D eigenvalue weighted by atomic mass is 10.0. The van der Waals surface area contributed by atoms with Crippen molar-refractivity contribution in [3.05, 3.63) is 0 Å². The number of unbranched alkanes of at least 4 members (excludes halogenated alkanes) is 1. The largest absolute Gasteiger partial charge is 0.481 e. The van der Waals surface area contributed by atoms with Gasteiger partial charge in [-0.05, 0) is 38.1 Å². The number of hydrogen-bond donors (Lipinski definition) is 8. The number of carbonyl (C=O) groups is 6. The minimum Gasteiger partial charge on any atom is -0.481 e. The van der Waals surface area contributed by atoms with Crippen molar-refractivity contribution in [2.45, 2.75) is 83.0 Å². The molecule has 0 fully saturated rings. The lowest BCUT2D eigenvalue weighted by molar-refractivity contribution is -0.147. The normalized spacial score (nSPS) is 14.3. The molecule has 0 unspecified atom stereocenters. The Morgan fingerprint density at radius 2 is 1.29 bits per heavy atom. The first-order valence-electron chi connectivity index (χ1n) is 11.3. The molecular weight excluding hydrogens is 466 g/mol. The molecular formula is C21H37N5O9. The molecule has 0 aliphatic rings. The fourth-order valence-electron chi connectivity index (χ4n) is 3.08. The predicted molar refractivity (Wildman–Crippen MR) is 123 cm³/mol. The molecule has 0 aromatic heterocycles. The highest BCUT2D eigenvalue weighted by molar-refractivity contribution is 5.94. The molecule has 0 bridgehead atoms. The Morgan fingerprint density at radius 1 is 0.743 bits per heavy atom. The summed E-state index contributed by atoms with van der Waals surface area (Å²) in [6.45, 7) is 3.90. The van der Waals surface area contributed by atoms with Crippen molar-refractivity contribution in [3.8, 4) is 0 Å². The van der Waals surface area contributed by atoms with Gasteiger partial charge in [-0.3, -0.25) is 24.0 Å². The van der Waals surface area contributed by atoms with Gasteiger partial charge in [0.2, 0.25) is 17.7 Å². The minimum atomic E-state index is -1.72. The monoisotopic (exact) mass is 503 g/mol. The molecule has 14 nitrogen and oxygen atoms in total. The summed E-state index contributed by atoms with van der Waals surface area (Å²) in [4.78, 5) is 71.2. The number of aliphatic carboxylic acids is 3. The molecule has 14 heteroatoms. The van der Waals surface area contributed by atoms with Gasteiger partial charge in [-0.25, -0.2) is 4.79 Å². The van der Waals surface area contributed by atoms with E-state index in [0.29, 0.717) is 25.8 Å². The van der Waals surface area contributed by atoms with E-state index in [9.17, 15) is 28.8 Å². The van der Waals surface area contributed by atoms with Crippen molar-refractivity contribution in [1.29, 1.82) is 0 Å². The van der Waals surface area contributed by atoms with Crippen LogP contribution in [0.5, 0.6) is 0 Å². The first kappa shape index (κ1) is 31.7. The van der Waals surface area contributed by atoms with Gasteiger partial charge in [0.05, 0.1) is 12.5 Å². The Bertz CT molecular complexity index is 759. The Labute approximate surface area is 203 Å². The maximum absolute atomic E-state index is 12.9. The fraction of sp³-hybridized carbons (Fsp3) is 0.714. The topological polar surface area (TPSA) is 251 Å². The van der Waals surface area contributed by atoms with E-state index in [4.69, 9.17) is 26.8 Å². The van der Waals surface area contributed by atoms with Gasteiger partial charge >= 0.3 is 17.9 Å². The molecule has 0 heterocycles. The van der Waals surface area contributed by atoms with Crippen LogP contribution < -0.4 is 27.4 Å². The van der Waals surface area contributed by atoms with Crippen molar-refractivity contribution in [1.82, 2.24) is 16.0 Å². The minimum absolute atomic E-state index is 0.0647. The highest BCUT2D eigenvalue weighted by atomic mass is 16.4. The third-order valence-electron chi connectivity index (χ3n) is 4.92. The maximum atomic E-state index is 12.9. The zero-order chi connectivity index (χ0) is 27.1. The van der Waals surface area contributed by atoms with Gasteiger partial charge < -0.3 is 42.7 Å². The van der Waals surface area contributed by atoms with Crippen LogP contribution in [0.4, 0.5) is 0 Å². The Morgan fingerprint density at radius 3 is 1.77 bits per heavy atom. The van der Waals surface area contributed by atoms with Gasteiger partial charge in [0, 0.05) is 6.42 Å². The van der Waals surface area contributed by atoms with E-state index in [-0.39, 0.29) is 18.8 Å². The fourth-order valence-corrected chi connectivity index (χ4v) is 3.08. The van der Waals surface area contributed by atoms with Crippen molar-refractivity contribution >= 4 is 35.6 Å². The standard InChI is InChI=1S/C21H37N5O9/c1-11(2)9-14(20(33)26-15(21(34)35)10-17(29)30)25-19(32)13(6-7-16(27)28)24-18(31)12(23)5-3-4-8-22/h11-15H,3-10,22-23H2,1-2H3,(H,24,31)(H,25,32)(H,26,33)(H,27,28)(H,29,30)(H,34,35)/t12-,13+,14+,15-/m1/s1. The Hall–Kier alpha value is -3.26. The summed E-state index contributed by atoms with van der Waals surface area (Å²) in [5.74, 6) is -6.82. The molecule has 0 aromatic carbocycles. The molecule has 3 amide bonds. The summed E-state index contributed by atoms with van der Waals surface area (Å²) < 4.78 is 0. The third-order valence-corrected chi connectivity index (χ3v) is 4.92. The van der Waals surface area contributed by atoms with Crippen molar-refractivity contribution < 1.29 is 44.1 Å². The quantitative estimate of drug-likeness (QED) is 0.0985. The molecule has 10 N–H and O–H groups in total. The summed E-state index contributed by atoms with van der Waals surface area (Å²) in [6, 6.07) is -5.26. The molecule has 0 aromatic rings. The lowest BCUT2D eigenvalue weighted by Gasteiger charge is -2.25. The lowest BCUT2D eigenvalue weighted by Crippen LogP contribution is -2.57. The molecule has 0 aliphatic heterocycles. The molecule has 0 saturated carbocycles. The number of carboxylic acids is 3. The highest BCUT2D eigenvalue weighted by Gasteiger charge is 2.31. The summed E-state index contributed by atoms with van der Waals surface area (Å²) in [7, 11) is 0. The third kappa shape index (κ3) is 13.9. The number of nitrogens with two attached hydrogens (primary N) is 2. The second-order valence-electron chi connectivity index (χ2n) is 8.57. The molecule has 0 saturated heterocycles. The summed E-state index contributed by atoms with van der Waals surface area (Å²) >= 11 is 0. The van der Waals surface area contributed by atoms with Gasteiger partial charge in [-0.1, -0.05) is 20.3 Å². The van der Waals surface area contributed by atoms with Crippen LogP contribution in [0.15, 0.2) is 0 Å². The maximum Gasteiger partial charge on any atom is 0.326 e. The van der Waals surface area contributed by atoms with Crippen LogP contribution >= 0.6 is 0 Å². The highest BCUT2D eigenvalue weighted by Crippen LogP contribution is 2.09. The van der Waals surface area contributed by atoms with Gasteiger partial charge in [0.15, 0.2) is 0 Å². The van der Waals surface area contributed by atoms with Crippen LogP contribution in [0, 0.1) is 5.92 Å². The molecule has 35 heavy (non-hydrogen) atoms. The smallest absolute Gasteiger partial charge is 0.326 e. The molecule has 0 rings (SSSR count). The van der Waals surface area contributed by atoms with E-state index < -0.39 is 72.6 Å². The van der Waals surface area contributed by atoms with E-state index in [0.717, 1.165) is 0 Å². The SMILES string of the molecule is CC(C)C[C@H](NC(=O)[C@H](CCC(=O)O)NC(=O)[C@H](N)CCCCN)C(=O)N[C@H](CC(=O)O)C(=O)O. The molecule has 0 radical (unpaired) electrons. The molecule has 4 atom stereocenters. The number of amides is 3. The van der Waals surface area contributed by atoms with Crippen LogP contribution in [0.25, 0.3) is 0 Å². The van der Waals surface area contributed by atoms with Gasteiger partial charge in [-0.2, -0.15) is 0 Å². The van der Waals surface area contributed by atoms with Crippen LogP contribution in [0.2, 0.25) is 0 Å². The van der Waals surface area contributed by atoms with E-state index in [1.54, 1.807) is 13.8 Å². The number of carbonyl (C=O) groups excluding carboxylic acids is 3. The Kier molecular flexibility index (Phi) is 14.9. The van der Waals surface area contributed by atoms with Crippen molar-refractivity contribution in [2.75, 3.05) is 6.54 Å². The zero-order valence-electron chi connectivity index (χ0n) is 20.0. The van der Waals surface area contributed by atoms with E-state index >= 15 is 0 Å². The molecule has 200 valence electrons. The van der Waals surface area contributed by atoms with Crippen LogP contribution in [0.1, 0.15) is 58.8 Å².